The van der Waals surface area contributed by atoms with Crippen molar-refractivity contribution >= 4 is 11.6 Å². The standard InChI is InChI=1S/C15H25N3O/c1-6-9-17-13-11-16-10-8-12(13)14(19)18(5)15(3,4)7-2/h8,10-11,17H,6-7,9H2,1-5H3. The molecule has 1 aromatic heterocycles. The maximum absolute atomic E-state index is 12.6. The molecule has 0 radical (unpaired) electrons. The third-order valence-electron chi connectivity index (χ3n) is 3.69. The number of hydrogen-bond donors (Lipinski definition) is 1. The molecule has 4 nitrogen and oxygen atoms in total. The minimum absolute atomic E-state index is 0.0350. The van der Waals surface area contributed by atoms with Gasteiger partial charge in [-0.1, -0.05) is 13.8 Å². The molecule has 0 aliphatic heterocycles. The van der Waals surface area contributed by atoms with Gasteiger partial charge in [-0.25, -0.2) is 0 Å². The predicted molar refractivity (Wildman–Crippen MR) is 79.5 cm³/mol. The van der Waals surface area contributed by atoms with Gasteiger partial charge >= 0.3 is 0 Å². The highest BCUT2D eigenvalue weighted by molar-refractivity contribution is 5.99. The number of aromatic nitrogens is 1. The molecule has 0 saturated carbocycles. The summed E-state index contributed by atoms with van der Waals surface area (Å²) in [6, 6.07) is 1.78. The summed E-state index contributed by atoms with van der Waals surface area (Å²) in [4.78, 5) is 18.5. The van der Waals surface area contributed by atoms with E-state index in [4.69, 9.17) is 0 Å². The highest BCUT2D eigenvalue weighted by Crippen LogP contribution is 2.22. The van der Waals surface area contributed by atoms with Crippen LogP contribution >= 0.6 is 0 Å². The van der Waals surface area contributed by atoms with Gasteiger partial charge in [-0.05, 0) is 32.8 Å². The van der Waals surface area contributed by atoms with Crippen molar-refractivity contribution in [1.29, 1.82) is 0 Å². The number of anilines is 1. The Bertz CT molecular complexity index is 429. The first kappa shape index (κ1) is 15.5. The number of nitrogens with one attached hydrogen (secondary N) is 1. The second-order valence-electron chi connectivity index (χ2n) is 5.38. The van der Waals surface area contributed by atoms with E-state index in [-0.39, 0.29) is 11.4 Å². The van der Waals surface area contributed by atoms with Crippen LogP contribution in [0, 0.1) is 0 Å². The minimum Gasteiger partial charge on any atom is -0.383 e. The minimum atomic E-state index is -0.150. The normalized spacial score (nSPS) is 11.2. The fourth-order valence-electron chi connectivity index (χ4n) is 1.67. The predicted octanol–water partition coefficient (Wildman–Crippen LogP) is 3.16. The van der Waals surface area contributed by atoms with Crippen LogP contribution in [0.15, 0.2) is 18.5 Å². The Labute approximate surface area is 116 Å². The lowest BCUT2D eigenvalue weighted by atomic mass is 9.99. The summed E-state index contributed by atoms with van der Waals surface area (Å²) >= 11 is 0. The van der Waals surface area contributed by atoms with Gasteiger partial charge in [0.1, 0.15) is 0 Å². The molecule has 1 amide bonds. The fraction of sp³-hybridized carbons (Fsp3) is 0.600. The number of pyridine rings is 1. The van der Waals surface area contributed by atoms with E-state index in [2.05, 4.69) is 38.0 Å². The van der Waals surface area contributed by atoms with Gasteiger partial charge in [-0.3, -0.25) is 9.78 Å². The third-order valence-corrected chi connectivity index (χ3v) is 3.69. The van der Waals surface area contributed by atoms with Crippen molar-refractivity contribution in [1.82, 2.24) is 9.88 Å². The van der Waals surface area contributed by atoms with E-state index in [0.29, 0.717) is 5.56 Å². The van der Waals surface area contributed by atoms with E-state index in [0.717, 1.165) is 25.1 Å². The van der Waals surface area contributed by atoms with Gasteiger partial charge in [0.2, 0.25) is 0 Å². The first-order valence-electron chi connectivity index (χ1n) is 6.90. The van der Waals surface area contributed by atoms with Crippen molar-refractivity contribution in [3.8, 4) is 0 Å². The number of carbonyl (C=O) groups excluding carboxylic acids is 1. The summed E-state index contributed by atoms with van der Waals surface area (Å²) in [7, 11) is 1.86. The Kier molecular flexibility index (Phi) is 5.33. The third kappa shape index (κ3) is 3.69. The van der Waals surface area contributed by atoms with Crippen molar-refractivity contribution in [2.45, 2.75) is 46.1 Å². The molecule has 106 valence electrons. The van der Waals surface area contributed by atoms with E-state index in [1.807, 2.05) is 7.05 Å². The molecular formula is C15H25N3O. The van der Waals surface area contributed by atoms with Crippen LogP contribution in [0.2, 0.25) is 0 Å². The first-order chi connectivity index (χ1) is 8.94. The molecule has 0 saturated heterocycles. The van der Waals surface area contributed by atoms with E-state index < -0.39 is 0 Å². The van der Waals surface area contributed by atoms with Gasteiger partial charge in [-0.15, -0.1) is 0 Å². The zero-order chi connectivity index (χ0) is 14.5. The van der Waals surface area contributed by atoms with Gasteiger partial charge in [0.05, 0.1) is 17.4 Å². The molecule has 0 atom stereocenters. The highest BCUT2D eigenvalue weighted by Gasteiger charge is 2.27. The van der Waals surface area contributed by atoms with Gasteiger partial charge in [0, 0.05) is 25.3 Å². The van der Waals surface area contributed by atoms with Crippen molar-refractivity contribution < 1.29 is 4.79 Å². The molecule has 1 heterocycles. The Balaban J connectivity index is 2.99. The number of nitrogens with zero attached hydrogens (tertiary/aromatic N) is 2. The Morgan fingerprint density at radius 1 is 1.42 bits per heavy atom. The molecule has 0 aliphatic carbocycles. The number of hydrogen-bond acceptors (Lipinski definition) is 3. The second kappa shape index (κ2) is 6.55. The van der Waals surface area contributed by atoms with E-state index in [9.17, 15) is 4.79 Å². The topological polar surface area (TPSA) is 45.2 Å². The monoisotopic (exact) mass is 263 g/mol. The van der Waals surface area contributed by atoms with Crippen LogP contribution in [0.5, 0.6) is 0 Å². The van der Waals surface area contributed by atoms with Gasteiger partial charge in [0.15, 0.2) is 0 Å². The second-order valence-corrected chi connectivity index (χ2v) is 5.38. The van der Waals surface area contributed by atoms with Crippen LogP contribution in [0.3, 0.4) is 0 Å². The molecular weight excluding hydrogens is 238 g/mol. The molecule has 0 fully saturated rings. The number of rotatable bonds is 6. The summed E-state index contributed by atoms with van der Waals surface area (Å²) in [6.07, 6.45) is 5.31. The molecule has 0 aliphatic rings. The Morgan fingerprint density at radius 2 is 2.11 bits per heavy atom. The molecule has 19 heavy (non-hydrogen) atoms. The van der Waals surface area contributed by atoms with Crippen LogP contribution < -0.4 is 5.32 Å². The molecule has 1 rings (SSSR count). The van der Waals surface area contributed by atoms with E-state index in [1.54, 1.807) is 23.4 Å². The van der Waals surface area contributed by atoms with Crippen LogP contribution in [0.4, 0.5) is 5.69 Å². The van der Waals surface area contributed by atoms with Gasteiger partial charge in [-0.2, -0.15) is 0 Å². The van der Waals surface area contributed by atoms with Crippen molar-refractivity contribution in [2.75, 3.05) is 18.9 Å². The van der Waals surface area contributed by atoms with Crippen LogP contribution in [0.1, 0.15) is 50.9 Å². The summed E-state index contributed by atoms with van der Waals surface area (Å²) in [5.74, 6) is 0.0350. The van der Waals surface area contributed by atoms with Gasteiger partial charge < -0.3 is 10.2 Å². The largest absolute Gasteiger partial charge is 0.383 e. The van der Waals surface area contributed by atoms with Crippen LogP contribution in [-0.4, -0.2) is 34.9 Å². The van der Waals surface area contributed by atoms with Crippen molar-refractivity contribution in [2.24, 2.45) is 0 Å². The lowest BCUT2D eigenvalue weighted by molar-refractivity contribution is 0.0621. The quantitative estimate of drug-likeness (QED) is 0.857. The van der Waals surface area contributed by atoms with Crippen molar-refractivity contribution in [3.05, 3.63) is 24.0 Å². The smallest absolute Gasteiger partial charge is 0.256 e. The maximum Gasteiger partial charge on any atom is 0.256 e. The summed E-state index contributed by atoms with van der Waals surface area (Å²) in [5, 5.41) is 3.26. The van der Waals surface area contributed by atoms with E-state index >= 15 is 0 Å². The first-order valence-corrected chi connectivity index (χ1v) is 6.90. The average molecular weight is 263 g/mol. The fourth-order valence-corrected chi connectivity index (χ4v) is 1.67. The Hall–Kier alpha value is -1.58. The number of amides is 1. The molecule has 1 N–H and O–H groups in total. The Morgan fingerprint density at radius 3 is 2.68 bits per heavy atom. The molecule has 0 aromatic carbocycles. The maximum atomic E-state index is 12.6. The van der Waals surface area contributed by atoms with Crippen LogP contribution in [0.25, 0.3) is 0 Å². The molecule has 4 heteroatoms. The lowest BCUT2D eigenvalue weighted by Crippen LogP contribution is -2.44. The SMILES string of the molecule is CCCNc1cnccc1C(=O)N(C)C(C)(C)CC. The molecule has 0 unspecified atom stereocenters. The lowest BCUT2D eigenvalue weighted by Gasteiger charge is -2.35. The molecule has 1 aromatic rings. The van der Waals surface area contributed by atoms with E-state index in [1.165, 1.54) is 0 Å². The summed E-state index contributed by atoms with van der Waals surface area (Å²) in [5.41, 5.74) is 1.35. The summed E-state index contributed by atoms with van der Waals surface area (Å²) < 4.78 is 0. The molecule has 0 bridgehead atoms. The number of carbonyl (C=O) groups is 1. The van der Waals surface area contributed by atoms with Gasteiger partial charge in [0.25, 0.3) is 5.91 Å². The summed E-state index contributed by atoms with van der Waals surface area (Å²) in [6.45, 7) is 9.17. The average Bonchev–Trinajstić information content (AvgIpc) is 2.43. The van der Waals surface area contributed by atoms with Crippen LogP contribution in [-0.2, 0) is 0 Å². The van der Waals surface area contributed by atoms with Crippen molar-refractivity contribution in [3.63, 3.8) is 0 Å². The zero-order valence-corrected chi connectivity index (χ0v) is 12.7. The highest BCUT2D eigenvalue weighted by atomic mass is 16.2. The molecule has 0 spiro atoms. The zero-order valence-electron chi connectivity index (χ0n) is 12.7.